The van der Waals surface area contributed by atoms with Gasteiger partial charge in [-0.1, -0.05) is 12.1 Å². The standard InChI is InChI=1S/C26H27N5O5/c1-31-12-15(13-31)30-23(32)18-9-17-20(10-22(18)35-2)29-8-7-21(17)36-16-5-3-14(4-6-16)19-11-26(19,24(27)33)25(28)34/h3-10,15,19H,11-13H2,1-2H3,(H2,27,33)(H2,28,34)(H,30,32). The maximum atomic E-state index is 13.0. The van der Waals surface area contributed by atoms with Gasteiger partial charge in [-0.15, -0.1) is 0 Å². The monoisotopic (exact) mass is 489 g/mol. The van der Waals surface area contributed by atoms with Gasteiger partial charge < -0.3 is 31.2 Å². The first kappa shape index (κ1) is 23.6. The summed E-state index contributed by atoms with van der Waals surface area (Å²) >= 11 is 0. The van der Waals surface area contributed by atoms with Gasteiger partial charge in [0.05, 0.1) is 24.2 Å². The minimum Gasteiger partial charge on any atom is -0.496 e. The molecular formula is C26H27N5O5. The van der Waals surface area contributed by atoms with Gasteiger partial charge >= 0.3 is 0 Å². The summed E-state index contributed by atoms with van der Waals surface area (Å²) in [6.07, 6.45) is 1.92. The fourth-order valence-corrected chi connectivity index (χ4v) is 4.86. The zero-order chi connectivity index (χ0) is 25.6. The quantitative estimate of drug-likeness (QED) is 0.406. The van der Waals surface area contributed by atoms with Gasteiger partial charge in [-0.25, -0.2) is 0 Å². The zero-order valence-corrected chi connectivity index (χ0v) is 20.0. The summed E-state index contributed by atoms with van der Waals surface area (Å²) in [4.78, 5) is 43.1. The van der Waals surface area contributed by atoms with Gasteiger partial charge in [-0.05, 0) is 43.3 Å². The highest BCUT2D eigenvalue weighted by Gasteiger charge is 2.64. The third kappa shape index (κ3) is 3.99. The minimum atomic E-state index is -1.32. The summed E-state index contributed by atoms with van der Waals surface area (Å²) in [6, 6.07) is 12.3. The molecule has 5 N–H and O–H groups in total. The van der Waals surface area contributed by atoms with E-state index in [9.17, 15) is 14.4 Å². The number of carbonyl (C=O) groups excluding carboxylic acids is 3. The van der Waals surface area contributed by atoms with Crippen LogP contribution in [0.4, 0.5) is 0 Å². The fraction of sp³-hybridized carbons (Fsp3) is 0.308. The van der Waals surface area contributed by atoms with E-state index in [1.54, 1.807) is 48.7 Å². The lowest BCUT2D eigenvalue weighted by Crippen LogP contribution is -2.57. The van der Waals surface area contributed by atoms with Gasteiger partial charge in [0, 0.05) is 36.7 Å². The van der Waals surface area contributed by atoms with E-state index in [0.29, 0.717) is 40.1 Å². The normalized spacial score (nSPS) is 18.8. The Morgan fingerprint density at radius 3 is 2.33 bits per heavy atom. The molecule has 0 bridgehead atoms. The number of likely N-dealkylation sites (tertiary alicyclic amines) is 1. The van der Waals surface area contributed by atoms with E-state index in [2.05, 4.69) is 15.2 Å². The number of benzene rings is 2. The first-order chi connectivity index (χ1) is 17.2. The van der Waals surface area contributed by atoms with E-state index in [1.165, 1.54) is 7.11 Å². The number of hydrogen-bond acceptors (Lipinski definition) is 7. The number of primary amides is 2. The van der Waals surface area contributed by atoms with E-state index in [0.717, 1.165) is 18.7 Å². The number of aromatic nitrogens is 1. The number of rotatable bonds is 8. The van der Waals surface area contributed by atoms with Crippen LogP contribution in [0.1, 0.15) is 28.3 Å². The molecule has 2 aromatic carbocycles. The second kappa shape index (κ2) is 8.80. The van der Waals surface area contributed by atoms with Crippen molar-refractivity contribution in [2.45, 2.75) is 18.4 Å². The van der Waals surface area contributed by atoms with Crippen LogP contribution in [0.2, 0.25) is 0 Å². The number of carbonyl (C=O) groups is 3. The third-order valence-electron chi connectivity index (χ3n) is 7.02. The van der Waals surface area contributed by atoms with Crippen LogP contribution in [0.5, 0.6) is 17.2 Å². The number of likely N-dealkylation sites (N-methyl/N-ethyl adjacent to an activating group) is 1. The highest BCUT2D eigenvalue weighted by Crippen LogP contribution is 2.59. The highest BCUT2D eigenvalue weighted by atomic mass is 16.5. The molecule has 1 unspecified atom stereocenters. The average molecular weight is 490 g/mol. The molecule has 1 aliphatic heterocycles. The molecule has 3 aromatic rings. The largest absolute Gasteiger partial charge is 0.496 e. The van der Waals surface area contributed by atoms with Crippen molar-refractivity contribution in [1.82, 2.24) is 15.2 Å². The van der Waals surface area contributed by atoms with Crippen molar-refractivity contribution in [3.05, 3.63) is 59.8 Å². The fourth-order valence-electron chi connectivity index (χ4n) is 4.86. The molecule has 10 nitrogen and oxygen atoms in total. The average Bonchev–Trinajstić information content (AvgIpc) is 3.60. The molecule has 186 valence electrons. The second-order valence-electron chi connectivity index (χ2n) is 9.40. The molecule has 3 amide bonds. The number of nitrogens with two attached hydrogens (primary N) is 2. The summed E-state index contributed by atoms with van der Waals surface area (Å²) in [5, 5.41) is 3.68. The molecule has 1 saturated carbocycles. The van der Waals surface area contributed by atoms with Gasteiger partial charge in [0.15, 0.2) is 0 Å². The summed E-state index contributed by atoms with van der Waals surface area (Å²) in [6.45, 7) is 1.60. The van der Waals surface area contributed by atoms with Crippen molar-refractivity contribution in [3.63, 3.8) is 0 Å². The highest BCUT2D eigenvalue weighted by molar-refractivity contribution is 6.08. The molecule has 5 rings (SSSR count). The van der Waals surface area contributed by atoms with Crippen molar-refractivity contribution >= 4 is 28.6 Å². The predicted octanol–water partition coefficient (Wildman–Crippen LogP) is 1.52. The van der Waals surface area contributed by atoms with E-state index < -0.39 is 17.2 Å². The van der Waals surface area contributed by atoms with E-state index in [1.807, 2.05) is 7.05 Å². The van der Waals surface area contributed by atoms with Crippen LogP contribution in [-0.4, -0.2) is 60.9 Å². The van der Waals surface area contributed by atoms with Crippen molar-refractivity contribution in [2.75, 3.05) is 27.2 Å². The molecule has 1 atom stereocenters. The SMILES string of the molecule is COc1cc2nccc(Oc3ccc(C4CC4(C(N)=O)C(N)=O)cc3)c2cc1C(=O)NC1CN(C)C1. The Morgan fingerprint density at radius 1 is 1.06 bits per heavy atom. The first-order valence-corrected chi connectivity index (χ1v) is 11.6. The van der Waals surface area contributed by atoms with Gasteiger partial charge in [-0.3, -0.25) is 19.4 Å². The number of pyridine rings is 1. The molecule has 2 heterocycles. The first-order valence-electron chi connectivity index (χ1n) is 11.6. The maximum absolute atomic E-state index is 13.0. The number of amides is 3. The van der Waals surface area contributed by atoms with Crippen molar-refractivity contribution in [2.24, 2.45) is 16.9 Å². The minimum absolute atomic E-state index is 0.0976. The third-order valence-corrected chi connectivity index (χ3v) is 7.02. The van der Waals surface area contributed by atoms with Crippen LogP contribution < -0.4 is 26.3 Å². The molecule has 1 aromatic heterocycles. The Hall–Kier alpha value is -4.18. The lowest BCUT2D eigenvalue weighted by Gasteiger charge is -2.36. The Bertz CT molecular complexity index is 1350. The molecule has 36 heavy (non-hydrogen) atoms. The zero-order valence-electron chi connectivity index (χ0n) is 20.0. The van der Waals surface area contributed by atoms with Crippen LogP contribution in [0, 0.1) is 5.41 Å². The number of nitrogens with zero attached hydrogens (tertiary/aromatic N) is 2. The number of ether oxygens (including phenoxy) is 2. The van der Waals surface area contributed by atoms with E-state index in [-0.39, 0.29) is 17.9 Å². The van der Waals surface area contributed by atoms with Gasteiger partial charge in [0.2, 0.25) is 11.8 Å². The molecule has 2 fully saturated rings. The molecule has 1 saturated heterocycles. The molecule has 0 radical (unpaired) electrons. The Kier molecular flexibility index (Phi) is 5.76. The number of hydrogen-bond donors (Lipinski definition) is 3. The molecule has 2 aliphatic rings. The number of methoxy groups -OCH3 is 1. The van der Waals surface area contributed by atoms with E-state index >= 15 is 0 Å². The van der Waals surface area contributed by atoms with Gasteiger partial charge in [-0.2, -0.15) is 0 Å². The van der Waals surface area contributed by atoms with E-state index in [4.69, 9.17) is 20.9 Å². The van der Waals surface area contributed by atoms with Crippen LogP contribution in [0.3, 0.4) is 0 Å². The Balaban J connectivity index is 1.40. The summed E-state index contributed by atoms with van der Waals surface area (Å²) in [5.74, 6) is -0.488. The van der Waals surface area contributed by atoms with Gasteiger partial charge in [0.1, 0.15) is 22.7 Å². The Morgan fingerprint density at radius 2 is 1.75 bits per heavy atom. The van der Waals surface area contributed by atoms with Crippen LogP contribution in [-0.2, 0) is 9.59 Å². The summed E-state index contributed by atoms with van der Waals surface area (Å²) in [7, 11) is 3.51. The number of nitrogens with one attached hydrogen (secondary N) is 1. The molecule has 0 spiro atoms. The second-order valence-corrected chi connectivity index (χ2v) is 9.40. The summed E-state index contributed by atoms with van der Waals surface area (Å²) < 4.78 is 11.6. The van der Waals surface area contributed by atoms with Crippen LogP contribution >= 0.6 is 0 Å². The molecule has 10 heteroatoms. The predicted molar refractivity (Wildman–Crippen MR) is 132 cm³/mol. The lowest BCUT2D eigenvalue weighted by atomic mass is 9.97. The van der Waals surface area contributed by atoms with Crippen LogP contribution in [0.15, 0.2) is 48.7 Å². The smallest absolute Gasteiger partial charge is 0.255 e. The van der Waals surface area contributed by atoms with Crippen molar-refractivity contribution in [1.29, 1.82) is 0 Å². The lowest BCUT2D eigenvalue weighted by molar-refractivity contribution is -0.133. The topological polar surface area (TPSA) is 150 Å². The maximum Gasteiger partial charge on any atom is 0.255 e. The number of fused-ring (bicyclic) bond motifs is 1. The molecule has 1 aliphatic carbocycles. The summed E-state index contributed by atoms with van der Waals surface area (Å²) in [5.41, 5.74) is 11.3. The van der Waals surface area contributed by atoms with Crippen LogP contribution in [0.25, 0.3) is 10.9 Å². The Labute approximate surface area is 207 Å². The molecular weight excluding hydrogens is 462 g/mol. The van der Waals surface area contributed by atoms with Crippen molar-refractivity contribution in [3.8, 4) is 17.2 Å². The van der Waals surface area contributed by atoms with Gasteiger partial charge in [0.25, 0.3) is 5.91 Å². The van der Waals surface area contributed by atoms with Crippen molar-refractivity contribution < 1.29 is 23.9 Å².